The Morgan fingerprint density at radius 1 is 1.21 bits per heavy atom. The standard InChI is InChI=1S/C16H14F4N2O2/c1-24-12-8-13(16(18,19)20)21-15-11(3-2-10(17)14(12)15)22-6-4-9(23)5-7-22/h2-3,8H,4-7H2,1H3. The van der Waals surface area contributed by atoms with Crippen molar-refractivity contribution in [3.8, 4) is 5.75 Å². The third-order valence-corrected chi connectivity index (χ3v) is 4.02. The van der Waals surface area contributed by atoms with Crippen molar-refractivity contribution in [1.82, 2.24) is 4.98 Å². The van der Waals surface area contributed by atoms with Gasteiger partial charge in [-0.15, -0.1) is 0 Å². The lowest BCUT2D eigenvalue weighted by atomic mass is 10.1. The first-order valence-electron chi connectivity index (χ1n) is 7.32. The number of rotatable bonds is 2. The SMILES string of the molecule is COc1cc(C(F)(F)F)nc2c(N3CCC(=O)CC3)ccc(F)c12. The number of aromatic nitrogens is 1. The molecule has 2 heterocycles. The molecule has 128 valence electrons. The summed E-state index contributed by atoms with van der Waals surface area (Å²) in [6.07, 6.45) is -4.08. The Balaban J connectivity index is 2.23. The van der Waals surface area contributed by atoms with Gasteiger partial charge in [0.2, 0.25) is 0 Å². The van der Waals surface area contributed by atoms with E-state index in [1.165, 1.54) is 19.2 Å². The van der Waals surface area contributed by atoms with E-state index in [4.69, 9.17) is 4.74 Å². The van der Waals surface area contributed by atoms with Crippen LogP contribution in [-0.2, 0) is 11.0 Å². The molecule has 0 aliphatic carbocycles. The Labute approximate surface area is 135 Å². The lowest BCUT2D eigenvalue weighted by Crippen LogP contribution is -2.34. The fraction of sp³-hybridized carbons (Fsp3) is 0.375. The van der Waals surface area contributed by atoms with E-state index < -0.39 is 17.7 Å². The van der Waals surface area contributed by atoms with Crippen LogP contribution in [0, 0.1) is 5.82 Å². The molecule has 0 N–H and O–H groups in total. The number of fused-ring (bicyclic) bond motifs is 1. The van der Waals surface area contributed by atoms with Gasteiger partial charge >= 0.3 is 6.18 Å². The van der Waals surface area contributed by atoms with Gasteiger partial charge < -0.3 is 9.64 Å². The second-order valence-electron chi connectivity index (χ2n) is 5.52. The number of carbonyl (C=O) groups is 1. The number of piperidine rings is 1. The molecule has 0 saturated carbocycles. The number of ether oxygens (including phenoxy) is 1. The van der Waals surface area contributed by atoms with Crippen LogP contribution in [0.4, 0.5) is 23.2 Å². The van der Waals surface area contributed by atoms with Crippen LogP contribution in [0.25, 0.3) is 10.9 Å². The van der Waals surface area contributed by atoms with Crippen LogP contribution in [0.15, 0.2) is 18.2 Å². The van der Waals surface area contributed by atoms with Crippen LogP contribution in [-0.4, -0.2) is 31.0 Å². The zero-order valence-electron chi connectivity index (χ0n) is 12.8. The molecule has 0 atom stereocenters. The van der Waals surface area contributed by atoms with Gasteiger partial charge in [0.1, 0.15) is 28.6 Å². The van der Waals surface area contributed by atoms with Crippen LogP contribution in [0.3, 0.4) is 0 Å². The third-order valence-electron chi connectivity index (χ3n) is 4.02. The molecule has 0 unspecified atom stereocenters. The van der Waals surface area contributed by atoms with Crippen molar-refractivity contribution < 1.29 is 27.1 Å². The summed E-state index contributed by atoms with van der Waals surface area (Å²) in [6, 6.07) is 3.25. The van der Waals surface area contributed by atoms with Crippen molar-refractivity contribution in [3.05, 3.63) is 29.7 Å². The Bertz CT molecular complexity index is 795. The van der Waals surface area contributed by atoms with Crippen LogP contribution in [0.5, 0.6) is 5.75 Å². The minimum absolute atomic E-state index is 0.0965. The van der Waals surface area contributed by atoms with Gasteiger partial charge in [-0.3, -0.25) is 4.79 Å². The number of halogens is 4. The lowest BCUT2D eigenvalue weighted by molar-refractivity contribution is -0.141. The lowest BCUT2D eigenvalue weighted by Gasteiger charge is -2.29. The average Bonchev–Trinajstić information content (AvgIpc) is 2.54. The maximum atomic E-state index is 14.2. The van der Waals surface area contributed by atoms with Gasteiger partial charge in [-0.1, -0.05) is 0 Å². The number of Topliss-reactive ketones (excluding diaryl/α,β-unsaturated/α-hetero) is 1. The van der Waals surface area contributed by atoms with Crippen LogP contribution in [0.2, 0.25) is 0 Å². The number of alkyl halides is 3. The molecule has 0 bridgehead atoms. The molecule has 0 radical (unpaired) electrons. The quantitative estimate of drug-likeness (QED) is 0.783. The molecule has 1 aliphatic rings. The molecule has 24 heavy (non-hydrogen) atoms. The Morgan fingerprint density at radius 2 is 1.88 bits per heavy atom. The summed E-state index contributed by atoms with van der Waals surface area (Å²) >= 11 is 0. The molecule has 1 saturated heterocycles. The van der Waals surface area contributed by atoms with E-state index in [1.807, 2.05) is 0 Å². The highest BCUT2D eigenvalue weighted by Crippen LogP contribution is 2.39. The molecule has 8 heteroatoms. The molecule has 0 spiro atoms. The number of benzene rings is 1. The number of hydrogen-bond donors (Lipinski definition) is 0. The predicted octanol–water partition coefficient (Wildman–Crippen LogP) is 3.57. The summed E-state index contributed by atoms with van der Waals surface area (Å²) < 4.78 is 58.4. The van der Waals surface area contributed by atoms with E-state index in [9.17, 15) is 22.4 Å². The predicted molar refractivity (Wildman–Crippen MR) is 79.7 cm³/mol. The fourth-order valence-electron chi connectivity index (χ4n) is 2.81. The number of pyridine rings is 1. The summed E-state index contributed by atoms with van der Waals surface area (Å²) in [5.41, 5.74) is -0.897. The van der Waals surface area contributed by atoms with Crippen LogP contribution in [0.1, 0.15) is 18.5 Å². The van der Waals surface area contributed by atoms with Gasteiger partial charge in [0.25, 0.3) is 0 Å². The monoisotopic (exact) mass is 342 g/mol. The molecule has 1 aromatic carbocycles. The fourth-order valence-corrected chi connectivity index (χ4v) is 2.81. The minimum Gasteiger partial charge on any atom is -0.496 e. The summed E-state index contributed by atoms with van der Waals surface area (Å²) in [4.78, 5) is 16.8. The second-order valence-corrected chi connectivity index (χ2v) is 5.52. The molecule has 3 rings (SSSR count). The zero-order valence-corrected chi connectivity index (χ0v) is 12.8. The van der Waals surface area contributed by atoms with Gasteiger partial charge in [0, 0.05) is 32.0 Å². The Kier molecular flexibility index (Phi) is 4.06. The molecule has 1 aliphatic heterocycles. The summed E-state index contributed by atoms with van der Waals surface area (Å²) in [5.74, 6) is -0.834. The smallest absolute Gasteiger partial charge is 0.433 e. The topological polar surface area (TPSA) is 42.4 Å². The zero-order chi connectivity index (χ0) is 17.5. The van der Waals surface area contributed by atoms with E-state index >= 15 is 0 Å². The number of anilines is 1. The summed E-state index contributed by atoms with van der Waals surface area (Å²) in [5, 5.41) is -0.0973. The Morgan fingerprint density at radius 3 is 2.46 bits per heavy atom. The highest BCUT2D eigenvalue weighted by Gasteiger charge is 2.34. The molecule has 4 nitrogen and oxygen atoms in total. The average molecular weight is 342 g/mol. The van der Waals surface area contributed by atoms with E-state index in [2.05, 4.69) is 4.98 Å². The van der Waals surface area contributed by atoms with Crippen molar-refractivity contribution in [1.29, 1.82) is 0 Å². The van der Waals surface area contributed by atoms with Gasteiger partial charge in [-0.25, -0.2) is 9.37 Å². The number of methoxy groups -OCH3 is 1. The first-order valence-corrected chi connectivity index (χ1v) is 7.32. The van der Waals surface area contributed by atoms with Crippen molar-refractivity contribution in [2.24, 2.45) is 0 Å². The molecule has 1 fully saturated rings. The maximum Gasteiger partial charge on any atom is 0.433 e. The van der Waals surface area contributed by atoms with Crippen molar-refractivity contribution in [2.45, 2.75) is 19.0 Å². The number of carbonyl (C=O) groups excluding carboxylic acids is 1. The maximum absolute atomic E-state index is 14.2. The number of hydrogen-bond acceptors (Lipinski definition) is 4. The van der Waals surface area contributed by atoms with Crippen molar-refractivity contribution in [3.63, 3.8) is 0 Å². The van der Waals surface area contributed by atoms with E-state index in [-0.39, 0.29) is 22.4 Å². The van der Waals surface area contributed by atoms with Gasteiger partial charge in [0.15, 0.2) is 0 Å². The van der Waals surface area contributed by atoms with Gasteiger partial charge in [-0.05, 0) is 12.1 Å². The number of ketones is 1. The molecule has 1 aromatic heterocycles. The Hall–Kier alpha value is -2.38. The first kappa shape index (κ1) is 16.5. The normalized spacial score (nSPS) is 15.9. The third kappa shape index (κ3) is 2.88. The molecule has 2 aromatic rings. The van der Waals surface area contributed by atoms with E-state index in [0.717, 1.165) is 0 Å². The molecular formula is C16H14F4N2O2. The summed E-state index contributed by atoms with van der Waals surface area (Å²) in [6.45, 7) is 0.722. The minimum atomic E-state index is -4.68. The number of nitrogens with zero attached hydrogens (tertiary/aromatic N) is 2. The van der Waals surface area contributed by atoms with Crippen LogP contribution >= 0.6 is 0 Å². The van der Waals surface area contributed by atoms with E-state index in [0.29, 0.717) is 37.7 Å². The van der Waals surface area contributed by atoms with E-state index in [1.54, 1.807) is 4.90 Å². The van der Waals surface area contributed by atoms with Crippen molar-refractivity contribution >= 4 is 22.4 Å². The largest absolute Gasteiger partial charge is 0.496 e. The highest BCUT2D eigenvalue weighted by atomic mass is 19.4. The van der Waals surface area contributed by atoms with Crippen molar-refractivity contribution in [2.75, 3.05) is 25.1 Å². The first-order chi connectivity index (χ1) is 11.3. The van der Waals surface area contributed by atoms with Gasteiger partial charge in [-0.2, -0.15) is 13.2 Å². The van der Waals surface area contributed by atoms with Crippen LogP contribution < -0.4 is 9.64 Å². The summed E-state index contributed by atoms with van der Waals surface area (Å²) in [7, 11) is 1.18. The second kappa shape index (κ2) is 5.92. The molecular weight excluding hydrogens is 328 g/mol. The highest BCUT2D eigenvalue weighted by molar-refractivity contribution is 5.96. The molecule has 0 amide bonds. The van der Waals surface area contributed by atoms with Gasteiger partial charge in [0.05, 0.1) is 18.2 Å².